The third-order valence-electron chi connectivity index (χ3n) is 4.78. The molecule has 0 amide bonds. The summed E-state index contributed by atoms with van der Waals surface area (Å²) < 4.78 is 14.4. The number of aliphatic carboxylic acids is 1. The van der Waals surface area contributed by atoms with E-state index in [2.05, 4.69) is 9.88 Å². The fourth-order valence-electron chi connectivity index (χ4n) is 3.47. The highest BCUT2D eigenvalue weighted by Crippen LogP contribution is 2.26. The summed E-state index contributed by atoms with van der Waals surface area (Å²) in [7, 11) is 0. The molecule has 5 nitrogen and oxygen atoms in total. The van der Waals surface area contributed by atoms with Crippen molar-refractivity contribution in [3.05, 3.63) is 65.2 Å². The van der Waals surface area contributed by atoms with Crippen LogP contribution in [0.5, 0.6) is 0 Å². The number of nitrogens with zero attached hydrogens (tertiary/aromatic N) is 3. The van der Waals surface area contributed by atoms with E-state index in [1.165, 1.54) is 6.07 Å². The minimum atomic E-state index is -1.01. The molecular weight excluding hydrogens is 333 g/mol. The Bertz CT molecular complexity index is 754. The second-order valence-electron chi connectivity index (χ2n) is 6.75. The smallest absolute Gasteiger partial charge is 0.325 e. The lowest BCUT2D eigenvalue weighted by atomic mass is 10.0. The number of pyridine rings is 1. The van der Waals surface area contributed by atoms with E-state index in [-0.39, 0.29) is 5.56 Å². The first-order chi connectivity index (χ1) is 12.5. The fourth-order valence-corrected chi connectivity index (χ4v) is 3.47. The average molecular weight is 357 g/mol. The van der Waals surface area contributed by atoms with Crippen LogP contribution >= 0.6 is 0 Å². The second-order valence-corrected chi connectivity index (χ2v) is 6.75. The van der Waals surface area contributed by atoms with Gasteiger partial charge < -0.3 is 5.11 Å². The number of aryl methyl sites for hydroxylation is 1. The van der Waals surface area contributed by atoms with Crippen LogP contribution < -0.4 is 0 Å². The number of hydrogen-bond acceptors (Lipinski definition) is 4. The van der Waals surface area contributed by atoms with Crippen LogP contribution in [-0.4, -0.2) is 52.0 Å². The standard InChI is InChI=1S/C20H24FN3O2/c1-15-6-7-17(18(21)13-15)19(20(25)26)24-10-4-9-23(11-12-24)14-16-5-2-3-8-22-16/h2-3,5-8,13,19H,4,9-12,14H2,1H3,(H,25,26)/t19-/m1/s1. The van der Waals surface area contributed by atoms with E-state index in [4.69, 9.17) is 0 Å². The van der Waals surface area contributed by atoms with E-state index in [0.717, 1.165) is 37.3 Å². The fraction of sp³-hybridized carbons (Fsp3) is 0.400. The van der Waals surface area contributed by atoms with Gasteiger partial charge >= 0.3 is 5.97 Å². The second kappa shape index (κ2) is 8.38. The Morgan fingerprint density at radius 1 is 1.23 bits per heavy atom. The lowest BCUT2D eigenvalue weighted by Gasteiger charge is -2.28. The maximum atomic E-state index is 14.4. The molecule has 1 aromatic heterocycles. The summed E-state index contributed by atoms with van der Waals surface area (Å²) in [4.78, 5) is 20.4. The summed E-state index contributed by atoms with van der Waals surface area (Å²) in [5.41, 5.74) is 2.02. The van der Waals surface area contributed by atoms with E-state index in [1.54, 1.807) is 25.3 Å². The van der Waals surface area contributed by atoms with E-state index < -0.39 is 17.8 Å². The third-order valence-corrected chi connectivity index (χ3v) is 4.78. The van der Waals surface area contributed by atoms with Crippen LogP contribution in [0.3, 0.4) is 0 Å². The van der Waals surface area contributed by atoms with Crippen LogP contribution in [0.2, 0.25) is 0 Å². The molecule has 2 heterocycles. The molecule has 0 bridgehead atoms. The van der Waals surface area contributed by atoms with Crippen molar-refractivity contribution in [1.82, 2.24) is 14.8 Å². The van der Waals surface area contributed by atoms with E-state index >= 15 is 0 Å². The minimum Gasteiger partial charge on any atom is -0.480 e. The lowest BCUT2D eigenvalue weighted by Crippen LogP contribution is -2.37. The van der Waals surface area contributed by atoms with Gasteiger partial charge in [0.15, 0.2) is 0 Å². The summed E-state index contributed by atoms with van der Waals surface area (Å²) in [5.74, 6) is -1.46. The highest BCUT2D eigenvalue weighted by molar-refractivity contribution is 5.75. The van der Waals surface area contributed by atoms with Gasteiger partial charge in [0.2, 0.25) is 0 Å². The first-order valence-corrected chi connectivity index (χ1v) is 8.90. The predicted molar refractivity (Wildman–Crippen MR) is 97.2 cm³/mol. The topological polar surface area (TPSA) is 56.7 Å². The molecule has 1 saturated heterocycles. The van der Waals surface area contributed by atoms with Crippen LogP contribution in [-0.2, 0) is 11.3 Å². The van der Waals surface area contributed by atoms with Gasteiger partial charge in [0.25, 0.3) is 0 Å². The Kier molecular flexibility index (Phi) is 5.96. The molecule has 1 aliphatic rings. The number of carboxylic acid groups (broad SMARTS) is 1. The summed E-state index contributed by atoms with van der Waals surface area (Å²) >= 11 is 0. The Balaban J connectivity index is 1.72. The normalized spacial score (nSPS) is 17.6. The number of carbonyl (C=O) groups is 1. The SMILES string of the molecule is Cc1ccc([C@H](C(=O)O)N2CCCN(Cc3ccccn3)CC2)c(F)c1. The molecule has 26 heavy (non-hydrogen) atoms. The zero-order chi connectivity index (χ0) is 18.5. The number of carboxylic acids is 1. The van der Waals surface area contributed by atoms with Crippen molar-refractivity contribution in [1.29, 1.82) is 0 Å². The Hall–Kier alpha value is -2.31. The molecule has 138 valence electrons. The molecule has 1 aliphatic heterocycles. The molecule has 0 unspecified atom stereocenters. The number of rotatable bonds is 5. The van der Waals surface area contributed by atoms with Crippen molar-refractivity contribution >= 4 is 5.97 Å². The maximum Gasteiger partial charge on any atom is 0.325 e. The number of hydrogen-bond donors (Lipinski definition) is 1. The molecule has 2 aromatic rings. The summed E-state index contributed by atoms with van der Waals surface area (Å²) in [6, 6.07) is 9.65. The molecule has 0 saturated carbocycles. The largest absolute Gasteiger partial charge is 0.480 e. The van der Waals surface area contributed by atoms with Crippen molar-refractivity contribution in [3.63, 3.8) is 0 Å². The van der Waals surface area contributed by atoms with Crippen molar-refractivity contribution in [2.45, 2.75) is 25.9 Å². The first kappa shape index (κ1) is 18.5. The Morgan fingerprint density at radius 2 is 2.08 bits per heavy atom. The number of halogens is 1. The molecule has 1 aromatic carbocycles. The maximum absolute atomic E-state index is 14.4. The van der Waals surface area contributed by atoms with E-state index in [0.29, 0.717) is 13.1 Å². The van der Waals surface area contributed by atoms with Crippen LogP contribution in [0.4, 0.5) is 4.39 Å². The molecule has 0 spiro atoms. The van der Waals surface area contributed by atoms with E-state index in [1.807, 2.05) is 23.1 Å². The molecule has 1 fully saturated rings. The van der Waals surface area contributed by atoms with Crippen molar-refractivity contribution < 1.29 is 14.3 Å². The van der Waals surface area contributed by atoms with Crippen molar-refractivity contribution in [2.75, 3.05) is 26.2 Å². The molecule has 0 aliphatic carbocycles. The van der Waals surface area contributed by atoms with Gasteiger partial charge in [0.05, 0.1) is 5.69 Å². The van der Waals surface area contributed by atoms with Gasteiger partial charge in [-0.05, 0) is 43.7 Å². The molecule has 1 N–H and O–H groups in total. The third kappa shape index (κ3) is 4.45. The molecule has 1 atom stereocenters. The monoisotopic (exact) mass is 357 g/mol. The highest BCUT2D eigenvalue weighted by Gasteiger charge is 2.31. The van der Waals surface area contributed by atoms with Gasteiger partial charge in [0, 0.05) is 37.9 Å². The number of benzene rings is 1. The van der Waals surface area contributed by atoms with Crippen LogP contribution in [0.25, 0.3) is 0 Å². The Morgan fingerprint density at radius 3 is 2.77 bits per heavy atom. The van der Waals surface area contributed by atoms with Gasteiger partial charge in [0.1, 0.15) is 11.9 Å². The quantitative estimate of drug-likeness (QED) is 0.892. The minimum absolute atomic E-state index is 0.237. The Labute approximate surface area is 153 Å². The van der Waals surface area contributed by atoms with Gasteiger partial charge in [-0.2, -0.15) is 0 Å². The molecule has 6 heteroatoms. The van der Waals surface area contributed by atoms with Crippen LogP contribution in [0, 0.1) is 12.7 Å². The van der Waals surface area contributed by atoms with Crippen LogP contribution in [0.1, 0.15) is 29.3 Å². The molecule has 0 radical (unpaired) electrons. The number of aromatic nitrogens is 1. The lowest BCUT2D eigenvalue weighted by molar-refractivity contribution is -0.143. The van der Waals surface area contributed by atoms with Crippen molar-refractivity contribution in [3.8, 4) is 0 Å². The zero-order valence-corrected chi connectivity index (χ0v) is 14.9. The van der Waals surface area contributed by atoms with Crippen LogP contribution in [0.15, 0.2) is 42.6 Å². The van der Waals surface area contributed by atoms with Gasteiger partial charge in [-0.25, -0.2) is 4.39 Å². The summed E-state index contributed by atoms with van der Waals surface area (Å²) in [6.45, 7) is 5.35. The van der Waals surface area contributed by atoms with Gasteiger partial charge in [-0.15, -0.1) is 0 Å². The van der Waals surface area contributed by atoms with Gasteiger partial charge in [-0.1, -0.05) is 18.2 Å². The average Bonchev–Trinajstić information content (AvgIpc) is 2.83. The van der Waals surface area contributed by atoms with E-state index in [9.17, 15) is 14.3 Å². The first-order valence-electron chi connectivity index (χ1n) is 8.90. The molecular formula is C20H24FN3O2. The predicted octanol–water partition coefficient (Wildman–Crippen LogP) is 2.86. The molecule has 3 rings (SSSR count). The zero-order valence-electron chi connectivity index (χ0n) is 14.9. The van der Waals surface area contributed by atoms with Gasteiger partial charge in [-0.3, -0.25) is 19.6 Å². The summed E-state index contributed by atoms with van der Waals surface area (Å²) in [5, 5.41) is 9.73. The highest BCUT2D eigenvalue weighted by atomic mass is 19.1. The van der Waals surface area contributed by atoms with Crippen molar-refractivity contribution in [2.24, 2.45) is 0 Å². The summed E-state index contributed by atoms with van der Waals surface area (Å²) in [6.07, 6.45) is 2.62.